The maximum atomic E-state index is 12.3. The highest BCUT2D eigenvalue weighted by Crippen LogP contribution is 2.66. The molecule has 1 N–H and O–H groups in total. The summed E-state index contributed by atoms with van der Waals surface area (Å²) in [6, 6.07) is 0. The molecule has 4 rings (SSSR count). The molecule has 0 heterocycles. The number of carbonyl (C=O) groups is 3. The minimum atomic E-state index is -0.433. The number of aliphatic hydroxyl groups is 1. The normalized spacial score (nSPS) is 45.8. The van der Waals surface area contributed by atoms with E-state index in [9.17, 15) is 19.5 Å². The Kier molecular flexibility index (Phi) is 4.02. The van der Waals surface area contributed by atoms with Crippen molar-refractivity contribution in [2.24, 2.45) is 34.5 Å². The molecule has 0 radical (unpaired) electrons. The zero-order chi connectivity index (χ0) is 17.8. The number of aliphatic hydroxyl groups excluding tert-OH is 1. The van der Waals surface area contributed by atoms with Crippen LogP contribution in [0.4, 0.5) is 0 Å². The molecule has 136 valence electrons. The average Bonchev–Trinajstić information content (AvgIpc) is 2.98. The smallest absolute Gasteiger partial charge is 0.161 e. The molecule has 6 atom stereocenters. The van der Waals surface area contributed by atoms with Crippen LogP contribution in [0.1, 0.15) is 58.3 Å². The van der Waals surface area contributed by atoms with E-state index in [1.165, 1.54) is 0 Å². The predicted molar refractivity (Wildman–Crippen MR) is 92.7 cm³/mol. The molecular weight excluding hydrogens is 316 g/mol. The number of rotatable bonds is 3. The highest BCUT2D eigenvalue weighted by molar-refractivity contribution is 5.93. The Morgan fingerprint density at radius 1 is 1.20 bits per heavy atom. The van der Waals surface area contributed by atoms with E-state index in [0.717, 1.165) is 50.4 Å². The monoisotopic (exact) mass is 344 g/mol. The van der Waals surface area contributed by atoms with Crippen molar-refractivity contribution in [1.29, 1.82) is 0 Å². The summed E-state index contributed by atoms with van der Waals surface area (Å²) >= 11 is 0. The Morgan fingerprint density at radius 2 is 2.00 bits per heavy atom. The molecule has 4 aliphatic rings. The molecule has 0 aromatic heterocycles. The van der Waals surface area contributed by atoms with E-state index in [-0.39, 0.29) is 29.5 Å². The molecule has 0 amide bonds. The minimum Gasteiger partial charge on any atom is -0.389 e. The van der Waals surface area contributed by atoms with Crippen molar-refractivity contribution in [1.82, 2.24) is 0 Å². The van der Waals surface area contributed by atoms with Gasteiger partial charge >= 0.3 is 0 Å². The largest absolute Gasteiger partial charge is 0.389 e. The molecule has 4 nitrogen and oxygen atoms in total. The third kappa shape index (κ3) is 2.26. The summed E-state index contributed by atoms with van der Waals surface area (Å²) in [6.45, 7) is 1.89. The van der Waals surface area contributed by atoms with Crippen LogP contribution in [0, 0.1) is 34.5 Å². The van der Waals surface area contributed by atoms with Crippen LogP contribution in [0.2, 0.25) is 0 Å². The summed E-state index contributed by atoms with van der Waals surface area (Å²) in [6.07, 6.45) is 9.74. The van der Waals surface area contributed by atoms with Gasteiger partial charge in [-0.3, -0.25) is 9.59 Å². The van der Waals surface area contributed by atoms with Gasteiger partial charge in [0.1, 0.15) is 12.9 Å². The van der Waals surface area contributed by atoms with E-state index in [1.807, 2.05) is 0 Å². The molecule has 0 aliphatic heterocycles. The van der Waals surface area contributed by atoms with Crippen LogP contribution in [0.5, 0.6) is 0 Å². The van der Waals surface area contributed by atoms with Crippen LogP contribution < -0.4 is 0 Å². The van der Waals surface area contributed by atoms with Crippen molar-refractivity contribution in [3.63, 3.8) is 0 Å². The maximum Gasteiger partial charge on any atom is 0.161 e. The highest BCUT2D eigenvalue weighted by atomic mass is 16.3. The average molecular weight is 344 g/mol. The van der Waals surface area contributed by atoms with Gasteiger partial charge in [0.05, 0.1) is 5.41 Å². The third-order valence-corrected chi connectivity index (χ3v) is 8.32. The fourth-order valence-corrected chi connectivity index (χ4v) is 7.13. The molecule has 0 aromatic rings. The number of Topliss-reactive ketones (excluding diaryl/α,β-unsaturated/α-hetero) is 1. The van der Waals surface area contributed by atoms with Crippen molar-refractivity contribution in [2.75, 3.05) is 6.61 Å². The van der Waals surface area contributed by atoms with E-state index in [4.69, 9.17) is 0 Å². The standard InChI is InChI=1S/C21H28O4/c1-20-8-7-17-15(16(20)4-5-18(20)19(25)11-22)3-2-13-10-14(24)6-9-21(13,17)12-23/h10,12,15-18,22H,2-9,11H2,1H3/t15-,16-,17-,18+,20-,21-/m0/s1. The first kappa shape index (κ1) is 17.1. The number of carbonyl (C=O) groups excluding carboxylic acids is 3. The van der Waals surface area contributed by atoms with Crippen molar-refractivity contribution in [3.05, 3.63) is 11.6 Å². The van der Waals surface area contributed by atoms with Gasteiger partial charge in [-0.2, -0.15) is 0 Å². The van der Waals surface area contributed by atoms with E-state index in [0.29, 0.717) is 30.6 Å². The summed E-state index contributed by atoms with van der Waals surface area (Å²) in [5, 5.41) is 9.36. The lowest BCUT2D eigenvalue weighted by Crippen LogP contribution is -2.52. The van der Waals surface area contributed by atoms with Crippen molar-refractivity contribution in [3.8, 4) is 0 Å². The molecule has 4 heteroatoms. The van der Waals surface area contributed by atoms with E-state index in [2.05, 4.69) is 6.92 Å². The minimum absolute atomic E-state index is 0.00629. The first-order valence-electron chi connectivity index (χ1n) is 9.80. The zero-order valence-corrected chi connectivity index (χ0v) is 15.0. The Labute approximate surface area is 149 Å². The van der Waals surface area contributed by atoms with E-state index < -0.39 is 5.41 Å². The first-order chi connectivity index (χ1) is 12.0. The Bertz CT molecular complexity index is 650. The number of fused-ring (bicyclic) bond motifs is 5. The molecule has 0 saturated heterocycles. The van der Waals surface area contributed by atoms with Crippen molar-refractivity contribution < 1.29 is 19.5 Å². The lowest BCUT2D eigenvalue weighted by atomic mass is 9.46. The van der Waals surface area contributed by atoms with Gasteiger partial charge in [0, 0.05) is 12.3 Å². The summed E-state index contributed by atoms with van der Waals surface area (Å²) in [5.74, 6) is 1.38. The van der Waals surface area contributed by atoms with Gasteiger partial charge in [-0.05, 0) is 74.2 Å². The van der Waals surface area contributed by atoms with Gasteiger partial charge in [0.25, 0.3) is 0 Å². The summed E-state index contributed by atoms with van der Waals surface area (Å²) in [5.41, 5.74) is 0.609. The lowest BCUT2D eigenvalue weighted by molar-refractivity contribution is -0.136. The van der Waals surface area contributed by atoms with Gasteiger partial charge in [-0.15, -0.1) is 0 Å². The Hall–Kier alpha value is -1.29. The molecule has 25 heavy (non-hydrogen) atoms. The molecular formula is C21H28O4. The highest BCUT2D eigenvalue weighted by Gasteiger charge is 2.61. The Morgan fingerprint density at radius 3 is 2.72 bits per heavy atom. The van der Waals surface area contributed by atoms with Gasteiger partial charge in [0.2, 0.25) is 0 Å². The number of hydrogen-bond donors (Lipinski definition) is 1. The maximum absolute atomic E-state index is 12.3. The van der Waals surface area contributed by atoms with Crippen LogP contribution in [-0.2, 0) is 14.4 Å². The first-order valence-corrected chi connectivity index (χ1v) is 9.80. The number of allylic oxidation sites excluding steroid dienone is 1. The van der Waals surface area contributed by atoms with Crippen LogP contribution in [0.15, 0.2) is 11.6 Å². The van der Waals surface area contributed by atoms with Gasteiger partial charge in [-0.1, -0.05) is 12.5 Å². The summed E-state index contributed by atoms with van der Waals surface area (Å²) in [7, 11) is 0. The summed E-state index contributed by atoms with van der Waals surface area (Å²) < 4.78 is 0. The zero-order valence-electron chi connectivity index (χ0n) is 15.0. The van der Waals surface area contributed by atoms with Gasteiger partial charge < -0.3 is 9.90 Å². The fraction of sp³-hybridized carbons (Fsp3) is 0.762. The van der Waals surface area contributed by atoms with E-state index in [1.54, 1.807) is 6.08 Å². The van der Waals surface area contributed by atoms with Gasteiger partial charge in [-0.25, -0.2) is 0 Å². The topological polar surface area (TPSA) is 71.4 Å². The van der Waals surface area contributed by atoms with Crippen molar-refractivity contribution >= 4 is 17.9 Å². The van der Waals surface area contributed by atoms with Crippen LogP contribution in [0.25, 0.3) is 0 Å². The molecule has 0 bridgehead atoms. The summed E-state index contributed by atoms with van der Waals surface area (Å²) in [4.78, 5) is 36.4. The van der Waals surface area contributed by atoms with E-state index >= 15 is 0 Å². The SMILES string of the molecule is C[C@]12CC[C@H]3[C@@H](CCC4=CC(=O)CC[C@]43C=O)[C@@H]1CC[C@@H]2C(=O)CO. The molecule has 3 saturated carbocycles. The van der Waals surface area contributed by atoms with Crippen LogP contribution in [0.3, 0.4) is 0 Å². The molecule has 3 fully saturated rings. The second kappa shape index (κ2) is 5.87. The molecule has 0 aromatic carbocycles. The van der Waals surface area contributed by atoms with Crippen LogP contribution >= 0.6 is 0 Å². The molecule has 4 aliphatic carbocycles. The second-order valence-electron chi connectivity index (χ2n) is 9.01. The van der Waals surface area contributed by atoms with Gasteiger partial charge in [0.15, 0.2) is 11.6 Å². The number of hydrogen-bond acceptors (Lipinski definition) is 4. The van der Waals surface area contributed by atoms with Crippen LogP contribution in [-0.4, -0.2) is 29.6 Å². The Balaban J connectivity index is 1.68. The third-order valence-electron chi connectivity index (χ3n) is 8.32. The molecule has 0 unspecified atom stereocenters. The van der Waals surface area contributed by atoms with Crippen molar-refractivity contribution in [2.45, 2.75) is 58.3 Å². The second-order valence-corrected chi connectivity index (χ2v) is 9.01. The fourth-order valence-electron chi connectivity index (χ4n) is 7.13. The number of ketones is 2. The quantitative estimate of drug-likeness (QED) is 0.799. The number of aldehydes is 1. The predicted octanol–water partition coefficient (Wildman–Crippen LogP) is 2.87. The lowest BCUT2D eigenvalue weighted by Gasteiger charge is -2.57. The molecule has 0 spiro atoms.